The number of aliphatic hydroxyl groups excluding tert-OH is 1. The molecule has 10 nitrogen and oxygen atoms in total. The lowest BCUT2D eigenvalue weighted by atomic mass is 9.78. The van der Waals surface area contributed by atoms with Gasteiger partial charge in [0, 0.05) is 38.0 Å². The van der Waals surface area contributed by atoms with Crippen molar-refractivity contribution in [1.29, 1.82) is 0 Å². The summed E-state index contributed by atoms with van der Waals surface area (Å²) in [6.07, 6.45) is 8.39. The third kappa shape index (κ3) is 4.25. The van der Waals surface area contributed by atoms with E-state index in [9.17, 15) is 19.5 Å². The van der Waals surface area contributed by atoms with Crippen molar-refractivity contribution < 1.29 is 19.5 Å². The molecule has 0 bridgehead atoms. The molecule has 3 amide bonds. The molecule has 4 aliphatic rings. The molecule has 1 spiro atoms. The molecule has 0 saturated carbocycles. The fourth-order valence-corrected chi connectivity index (χ4v) is 8.98. The molecule has 11 heteroatoms. The van der Waals surface area contributed by atoms with Crippen LogP contribution in [-0.4, -0.2) is 94.8 Å². The lowest BCUT2D eigenvalue weighted by molar-refractivity contribution is -0.145. The highest BCUT2D eigenvalue weighted by atomic mass is 32.2. The van der Waals surface area contributed by atoms with Crippen molar-refractivity contribution in [1.82, 2.24) is 29.7 Å². The van der Waals surface area contributed by atoms with Crippen molar-refractivity contribution in [2.75, 3.05) is 26.2 Å². The highest BCUT2D eigenvalue weighted by Gasteiger charge is 2.70. The molecule has 4 aliphatic heterocycles. The van der Waals surface area contributed by atoms with Gasteiger partial charge in [0.2, 0.25) is 17.7 Å². The minimum Gasteiger partial charge on any atom is -0.396 e. The Morgan fingerprint density at radius 1 is 0.929 bits per heavy atom. The van der Waals surface area contributed by atoms with Crippen LogP contribution in [-0.2, 0) is 27.6 Å². The molecule has 0 radical (unpaired) electrons. The molecule has 216 valence electrons. The largest absolute Gasteiger partial charge is 0.396 e. The summed E-state index contributed by atoms with van der Waals surface area (Å²) in [6, 6.07) is 16.6. The third-order valence-electron chi connectivity index (χ3n) is 8.82. The Morgan fingerprint density at radius 3 is 2.55 bits per heavy atom. The van der Waals surface area contributed by atoms with E-state index in [0.29, 0.717) is 26.1 Å². The smallest absolute Gasteiger partial charge is 0.248 e. The predicted molar refractivity (Wildman–Crippen MR) is 158 cm³/mol. The van der Waals surface area contributed by atoms with Crippen molar-refractivity contribution in [2.24, 2.45) is 11.8 Å². The Kier molecular flexibility index (Phi) is 6.86. The Bertz CT molecular complexity index is 1590. The molecule has 7 rings (SSSR count). The van der Waals surface area contributed by atoms with Crippen molar-refractivity contribution in [3.05, 3.63) is 84.5 Å². The summed E-state index contributed by atoms with van der Waals surface area (Å²) in [5.41, 5.74) is 2.58. The number of aliphatic hydroxyl groups is 1. The Labute approximate surface area is 247 Å². The van der Waals surface area contributed by atoms with Gasteiger partial charge in [-0.3, -0.25) is 14.4 Å². The average Bonchev–Trinajstić information content (AvgIpc) is 3.56. The maximum Gasteiger partial charge on any atom is 0.248 e. The second-order valence-corrected chi connectivity index (χ2v) is 12.8. The van der Waals surface area contributed by atoms with E-state index in [1.807, 2.05) is 77.7 Å². The molecular weight excluding hydrogens is 552 g/mol. The lowest BCUT2D eigenvalue weighted by Gasteiger charge is -2.35. The van der Waals surface area contributed by atoms with E-state index in [4.69, 9.17) is 0 Å². The zero-order chi connectivity index (χ0) is 28.8. The van der Waals surface area contributed by atoms with Crippen LogP contribution in [0, 0.1) is 11.8 Å². The van der Waals surface area contributed by atoms with Gasteiger partial charge >= 0.3 is 0 Å². The summed E-state index contributed by atoms with van der Waals surface area (Å²) < 4.78 is 0.804. The third-order valence-corrected chi connectivity index (χ3v) is 10.6. The maximum absolute atomic E-state index is 14.4. The van der Waals surface area contributed by atoms with Crippen molar-refractivity contribution in [3.8, 4) is 0 Å². The number of benzene rings is 2. The fraction of sp³-hybridized carbons (Fsp3) is 0.387. The second-order valence-electron chi connectivity index (χ2n) is 11.3. The molecule has 1 aromatic heterocycles. The summed E-state index contributed by atoms with van der Waals surface area (Å²) in [4.78, 5) is 48.1. The van der Waals surface area contributed by atoms with Gasteiger partial charge in [-0.15, -0.1) is 16.9 Å². The Balaban J connectivity index is 1.24. The van der Waals surface area contributed by atoms with E-state index in [1.54, 1.807) is 26.2 Å². The standard InChI is InChI=1S/C31H32N6O4S/c38-18-8-17-36-27-30(41)35(20-37-23-12-5-4-11-22(23)32-33-37)16-7-14-31(27)26(29(36)40)25-24(42-31)13-6-15-34(28(25)39)19-21-9-2-1-3-10-21/h1-7,9-14,24-27,38H,8,15-20H2/t24-,25+,26-,27?,31-/m0/s1. The van der Waals surface area contributed by atoms with Gasteiger partial charge in [0.15, 0.2) is 0 Å². The van der Waals surface area contributed by atoms with Crippen LogP contribution in [0.4, 0.5) is 0 Å². The summed E-state index contributed by atoms with van der Waals surface area (Å²) in [7, 11) is 0. The first-order valence-electron chi connectivity index (χ1n) is 14.3. The zero-order valence-corrected chi connectivity index (χ0v) is 23.8. The van der Waals surface area contributed by atoms with Crippen LogP contribution in [0.25, 0.3) is 11.0 Å². The van der Waals surface area contributed by atoms with E-state index in [2.05, 4.69) is 16.4 Å². The quantitative estimate of drug-likeness (QED) is 0.423. The zero-order valence-electron chi connectivity index (χ0n) is 23.0. The van der Waals surface area contributed by atoms with Gasteiger partial charge in [-0.1, -0.05) is 72.0 Å². The van der Waals surface area contributed by atoms with E-state index in [1.165, 1.54) is 0 Å². The van der Waals surface area contributed by atoms with E-state index >= 15 is 0 Å². The average molecular weight is 585 g/mol. The number of likely N-dealkylation sites (tertiary alicyclic amines) is 1. The van der Waals surface area contributed by atoms with E-state index in [0.717, 1.165) is 16.6 Å². The number of carbonyl (C=O) groups is 3. The van der Waals surface area contributed by atoms with Crippen LogP contribution >= 0.6 is 11.8 Å². The van der Waals surface area contributed by atoms with E-state index < -0.39 is 22.6 Å². The van der Waals surface area contributed by atoms with Crippen molar-refractivity contribution >= 4 is 40.5 Å². The van der Waals surface area contributed by atoms with Crippen LogP contribution in [0.3, 0.4) is 0 Å². The van der Waals surface area contributed by atoms with Gasteiger partial charge in [-0.25, -0.2) is 4.68 Å². The second kappa shape index (κ2) is 10.7. The van der Waals surface area contributed by atoms with Gasteiger partial charge in [-0.05, 0) is 24.1 Å². The summed E-state index contributed by atoms with van der Waals surface area (Å²) in [6.45, 7) is 1.61. The maximum atomic E-state index is 14.4. The lowest BCUT2D eigenvalue weighted by Crippen LogP contribution is -2.53. The molecule has 42 heavy (non-hydrogen) atoms. The van der Waals surface area contributed by atoms with Crippen LogP contribution in [0.1, 0.15) is 12.0 Å². The fourth-order valence-electron chi connectivity index (χ4n) is 6.97. The molecule has 3 aromatic rings. The molecule has 1 unspecified atom stereocenters. The number of nitrogens with zero attached hydrogens (tertiary/aromatic N) is 6. The van der Waals surface area contributed by atoms with Crippen LogP contribution < -0.4 is 0 Å². The first-order valence-corrected chi connectivity index (χ1v) is 15.2. The molecule has 5 heterocycles. The van der Waals surface area contributed by atoms with Crippen LogP contribution in [0.15, 0.2) is 78.9 Å². The SMILES string of the molecule is O=C1C2N(CCCO)C(=O)[C@@H]3[C@@H]4C(=O)N(Cc5ccccc5)CC=C[C@@H]4S[C@]23C=CCN1Cn1nnc2ccccc21. The van der Waals surface area contributed by atoms with Gasteiger partial charge in [0.05, 0.1) is 22.1 Å². The predicted octanol–water partition coefficient (Wildman–Crippen LogP) is 2.07. The minimum atomic E-state index is -0.895. The molecule has 2 aromatic carbocycles. The number of rotatable bonds is 7. The molecule has 5 atom stereocenters. The first kappa shape index (κ1) is 26.9. The highest BCUT2D eigenvalue weighted by Crippen LogP contribution is 2.61. The topological polar surface area (TPSA) is 112 Å². The first-order chi connectivity index (χ1) is 20.5. The normalized spacial score (nSPS) is 28.7. The number of carbonyl (C=O) groups excluding carboxylic acids is 3. The molecular formula is C31H32N6O4S. The minimum absolute atomic E-state index is 0.0598. The number of fused-ring (bicyclic) bond motifs is 3. The van der Waals surface area contributed by atoms with Crippen molar-refractivity contribution in [3.63, 3.8) is 0 Å². The number of amides is 3. The van der Waals surface area contributed by atoms with Crippen molar-refractivity contribution in [2.45, 2.75) is 35.7 Å². The van der Waals surface area contributed by atoms with E-state index in [-0.39, 0.29) is 42.8 Å². The monoisotopic (exact) mass is 584 g/mol. The number of para-hydroxylation sites is 1. The van der Waals surface area contributed by atoms with Crippen LogP contribution in [0.2, 0.25) is 0 Å². The summed E-state index contributed by atoms with van der Waals surface area (Å²) >= 11 is 1.56. The van der Waals surface area contributed by atoms with Crippen LogP contribution in [0.5, 0.6) is 0 Å². The Hall–Kier alpha value is -3.96. The molecule has 0 aliphatic carbocycles. The Morgan fingerprint density at radius 2 is 1.71 bits per heavy atom. The van der Waals surface area contributed by atoms with Gasteiger partial charge in [0.1, 0.15) is 18.2 Å². The van der Waals surface area contributed by atoms with Gasteiger partial charge in [-0.2, -0.15) is 0 Å². The summed E-state index contributed by atoms with van der Waals surface area (Å²) in [5.74, 6) is -1.71. The van der Waals surface area contributed by atoms with Gasteiger partial charge < -0.3 is 19.8 Å². The van der Waals surface area contributed by atoms with Gasteiger partial charge in [0.25, 0.3) is 0 Å². The molecule has 2 saturated heterocycles. The molecule has 1 N–H and O–H groups in total. The molecule has 2 fully saturated rings. The summed E-state index contributed by atoms with van der Waals surface area (Å²) in [5, 5.41) is 17.9. The number of hydrogen-bond acceptors (Lipinski definition) is 7. The highest BCUT2D eigenvalue weighted by molar-refractivity contribution is 8.02. The number of hydrogen-bond donors (Lipinski definition) is 1. The number of aromatic nitrogens is 3. The number of thioether (sulfide) groups is 1.